The standard InChI is InChI=1S/C27H36N2O5/c1-5-19-10-9-11-21(14-19)28-26(30)18-29-13-12-20-15-24(32-6-2)25(33-7-3)16-22(20)23(29)17-27(31)34-8-4/h9-11,14-16,23H,5-8,12-13,17-18H2,1-4H3,(H,28,30)/t23-/m1/s1. The van der Waals surface area contributed by atoms with Gasteiger partial charge in [-0.25, -0.2) is 0 Å². The van der Waals surface area contributed by atoms with Crippen LogP contribution in [0.1, 0.15) is 56.8 Å². The van der Waals surface area contributed by atoms with Crippen molar-refractivity contribution in [1.29, 1.82) is 0 Å². The molecule has 0 aromatic heterocycles. The van der Waals surface area contributed by atoms with Gasteiger partial charge in [-0.05, 0) is 74.6 Å². The number of hydrogen-bond donors (Lipinski definition) is 1. The molecule has 1 amide bonds. The summed E-state index contributed by atoms with van der Waals surface area (Å²) in [7, 11) is 0. The molecule has 0 saturated carbocycles. The average molecular weight is 469 g/mol. The first kappa shape index (κ1) is 25.6. The van der Waals surface area contributed by atoms with Gasteiger partial charge in [-0.3, -0.25) is 14.5 Å². The van der Waals surface area contributed by atoms with Gasteiger partial charge in [0.2, 0.25) is 5.91 Å². The maximum Gasteiger partial charge on any atom is 0.307 e. The van der Waals surface area contributed by atoms with Gasteiger partial charge in [-0.15, -0.1) is 0 Å². The third-order valence-electron chi connectivity index (χ3n) is 5.90. The van der Waals surface area contributed by atoms with Crippen LogP contribution in [0.3, 0.4) is 0 Å². The summed E-state index contributed by atoms with van der Waals surface area (Å²) in [6, 6.07) is 11.5. The molecule has 2 aromatic carbocycles. The van der Waals surface area contributed by atoms with Crippen LogP contribution in [0.2, 0.25) is 0 Å². The molecule has 1 heterocycles. The van der Waals surface area contributed by atoms with E-state index in [4.69, 9.17) is 14.2 Å². The number of fused-ring (bicyclic) bond motifs is 1. The molecule has 184 valence electrons. The second-order valence-electron chi connectivity index (χ2n) is 8.21. The summed E-state index contributed by atoms with van der Waals surface area (Å²) in [6.07, 6.45) is 1.82. The minimum atomic E-state index is -0.287. The number of esters is 1. The van der Waals surface area contributed by atoms with E-state index in [1.165, 1.54) is 5.56 Å². The van der Waals surface area contributed by atoms with E-state index < -0.39 is 0 Å². The third-order valence-corrected chi connectivity index (χ3v) is 5.90. The summed E-state index contributed by atoms with van der Waals surface area (Å²) < 4.78 is 16.9. The van der Waals surface area contributed by atoms with E-state index in [-0.39, 0.29) is 30.9 Å². The van der Waals surface area contributed by atoms with E-state index in [9.17, 15) is 9.59 Å². The van der Waals surface area contributed by atoms with Crippen LogP contribution in [0, 0.1) is 0 Å². The van der Waals surface area contributed by atoms with Crippen molar-refractivity contribution in [2.75, 3.05) is 38.2 Å². The Morgan fingerprint density at radius 2 is 1.74 bits per heavy atom. The molecule has 0 spiro atoms. The molecule has 34 heavy (non-hydrogen) atoms. The highest BCUT2D eigenvalue weighted by molar-refractivity contribution is 5.92. The van der Waals surface area contributed by atoms with Crippen LogP contribution in [0.5, 0.6) is 11.5 Å². The third kappa shape index (κ3) is 6.50. The Kier molecular flexibility index (Phi) is 9.33. The van der Waals surface area contributed by atoms with Crippen LogP contribution >= 0.6 is 0 Å². The van der Waals surface area contributed by atoms with E-state index in [2.05, 4.69) is 12.2 Å². The molecule has 7 heteroatoms. The van der Waals surface area contributed by atoms with Gasteiger partial charge < -0.3 is 19.5 Å². The minimum absolute atomic E-state index is 0.110. The lowest BCUT2D eigenvalue weighted by Gasteiger charge is -2.37. The van der Waals surface area contributed by atoms with Crippen LogP contribution in [0.15, 0.2) is 36.4 Å². The lowest BCUT2D eigenvalue weighted by atomic mass is 9.90. The van der Waals surface area contributed by atoms with E-state index >= 15 is 0 Å². The molecular weight excluding hydrogens is 432 g/mol. The van der Waals surface area contributed by atoms with Crippen LogP contribution in [0.25, 0.3) is 0 Å². The van der Waals surface area contributed by atoms with Crippen molar-refractivity contribution >= 4 is 17.6 Å². The quantitative estimate of drug-likeness (QED) is 0.488. The summed E-state index contributed by atoms with van der Waals surface area (Å²) in [5.41, 5.74) is 4.03. The number of aryl methyl sites for hydroxylation is 1. The normalized spacial score (nSPS) is 15.4. The van der Waals surface area contributed by atoms with Gasteiger partial charge in [0.1, 0.15) is 0 Å². The van der Waals surface area contributed by atoms with Gasteiger partial charge in [0, 0.05) is 18.3 Å². The number of rotatable bonds is 11. The molecule has 1 atom stereocenters. The zero-order valence-electron chi connectivity index (χ0n) is 20.7. The molecule has 1 N–H and O–H groups in total. The first-order valence-electron chi connectivity index (χ1n) is 12.2. The number of nitrogens with zero attached hydrogens (tertiary/aromatic N) is 1. The Labute approximate surface area is 202 Å². The molecule has 2 aromatic rings. The van der Waals surface area contributed by atoms with Gasteiger partial charge in [-0.1, -0.05) is 19.1 Å². The zero-order valence-corrected chi connectivity index (χ0v) is 20.7. The van der Waals surface area contributed by atoms with Gasteiger partial charge >= 0.3 is 5.97 Å². The SMILES string of the molecule is CCOC(=O)C[C@@H]1c2cc(OCC)c(OCC)cc2CCN1CC(=O)Nc1cccc(CC)c1. The zero-order chi connectivity index (χ0) is 24.5. The molecule has 0 bridgehead atoms. The van der Waals surface area contributed by atoms with E-state index in [0.29, 0.717) is 37.9 Å². The van der Waals surface area contributed by atoms with Crippen molar-refractivity contribution in [2.24, 2.45) is 0 Å². The molecule has 0 saturated heterocycles. The Morgan fingerprint density at radius 1 is 1.00 bits per heavy atom. The van der Waals surface area contributed by atoms with Gasteiger partial charge in [0.05, 0.1) is 32.8 Å². The van der Waals surface area contributed by atoms with Crippen molar-refractivity contribution in [1.82, 2.24) is 4.90 Å². The van der Waals surface area contributed by atoms with Crippen molar-refractivity contribution in [3.63, 3.8) is 0 Å². The monoisotopic (exact) mass is 468 g/mol. The van der Waals surface area contributed by atoms with Crippen molar-refractivity contribution in [3.8, 4) is 11.5 Å². The predicted molar refractivity (Wildman–Crippen MR) is 132 cm³/mol. The molecule has 0 unspecified atom stereocenters. The molecule has 7 nitrogen and oxygen atoms in total. The molecule has 0 aliphatic carbocycles. The van der Waals surface area contributed by atoms with Gasteiger partial charge in [0.15, 0.2) is 11.5 Å². The Balaban J connectivity index is 1.86. The first-order chi connectivity index (χ1) is 16.5. The Hall–Kier alpha value is -3.06. The van der Waals surface area contributed by atoms with Crippen LogP contribution in [0.4, 0.5) is 5.69 Å². The van der Waals surface area contributed by atoms with Crippen molar-refractivity contribution in [3.05, 3.63) is 53.1 Å². The second kappa shape index (κ2) is 12.4. The first-order valence-corrected chi connectivity index (χ1v) is 12.2. The van der Waals surface area contributed by atoms with Crippen LogP contribution in [-0.2, 0) is 27.2 Å². The maximum absolute atomic E-state index is 12.9. The van der Waals surface area contributed by atoms with Gasteiger partial charge in [-0.2, -0.15) is 0 Å². The summed E-state index contributed by atoms with van der Waals surface area (Å²) in [6.45, 7) is 9.94. The number of anilines is 1. The lowest BCUT2D eigenvalue weighted by Crippen LogP contribution is -2.41. The average Bonchev–Trinajstić information content (AvgIpc) is 2.82. The van der Waals surface area contributed by atoms with Crippen molar-refractivity contribution in [2.45, 2.75) is 53.0 Å². The molecule has 3 rings (SSSR count). The molecule has 0 fully saturated rings. The Morgan fingerprint density at radius 3 is 2.41 bits per heavy atom. The fourth-order valence-corrected chi connectivity index (χ4v) is 4.36. The fourth-order valence-electron chi connectivity index (χ4n) is 4.36. The minimum Gasteiger partial charge on any atom is -0.490 e. The summed E-state index contributed by atoms with van der Waals surface area (Å²) in [5.74, 6) is 0.967. The second-order valence-corrected chi connectivity index (χ2v) is 8.21. The van der Waals surface area contributed by atoms with Crippen LogP contribution in [-0.4, -0.2) is 49.7 Å². The number of benzene rings is 2. The number of nitrogens with one attached hydrogen (secondary N) is 1. The van der Waals surface area contributed by atoms with E-state index in [0.717, 1.165) is 29.7 Å². The van der Waals surface area contributed by atoms with E-state index in [1.54, 1.807) is 6.92 Å². The highest BCUT2D eigenvalue weighted by Crippen LogP contribution is 2.40. The molecule has 0 radical (unpaired) electrons. The topological polar surface area (TPSA) is 77.1 Å². The number of carbonyl (C=O) groups is 2. The molecular formula is C27H36N2O5. The number of carbonyl (C=O) groups excluding carboxylic acids is 2. The summed E-state index contributed by atoms with van der Waals surface area (Å²) in [5, 5.41) is 3.00. The highest BCUT2D eigenvalue weighted by atomic mass is 16.5. The van der Waals surface area contributed by atoms with Gasteiger partial charge in [0.25, 0.3) is 0 Å². The number of ether oxygens (including phenoxy) is 3. The largest absolute Gasteiger partial charge is 0.490 e. The molecule has 1 aliphatic rings. The van der Waals surface area contributed by atoms with Crippen LogP contribution < -0.4 is 14.8 Å². The van der Waals surface area contributed by atoms with Crippen molar-refractivity contribution < 1.29 is 23.8 Å². The summed E-state index contributed by atoms with van der Waals surface area (Å²) >= 11 is 0. The fraction of sp³-hybridized carbons (Fsp3) is 0.481. The predicted octanol–water partition coefficient (Wildman–Crippen LogP) is 4.54. The Bertz CT molecular complexity index is 991. The lowest BCUT2D eigenvalue weighted by molar-refractivity contribution is -0.145. The number of amides is 1. The molecule has 1 aliphatic heterocycles. The highest BCUT2D eigenvalue weighted by Gasteiger charge is 2.32. The number of hydrogen-bond acceptors (Lipinski definition) is 6. The smallest absolute Gasteiger partial charge is 0.307 e. The maximum atomic E-state index is 12.9. The van der Waals surface area contributed by atoms with E-state index in [1.807, 2.05) is 55.1 Å². The summed E-state index contributed by atoms with van der Waals surface area (Å²) in [4.78, 5) is 27.5.